The minimum atomic E-state index is -0.380. The molecule has 0 spiro atoms. The fourth-order valence-corrected chi connectivity index (χ4v) is 1.57. The van der Waals surface area contributed by atoms with Crippen molar-refractivity contribution in [3.63, 3.8) is 0 Å². The van der Waals surface area contributed by atoms with Gasteiger partial charge in [0.1, 0.15) is 6.10 Å². The fraction of sp³-hybridized carbons (Fsp3) is 0.438. The predicted octanol–water partition coefficient (Wildman–Crippen LogP) is 3.35. The van der Waals surface area contributed by atoms with Gasteiger partial charge in [0.15, 0.2) is 0 Å². The van der Waals surface area contributed by atoms with Crippen LogP contribution in [-0.4, -0.2) is 18.7 Å². The first-order valence-electron chi connectivity index (χ1n) is 6.55. The van der Waals surface area contributed by atoms with Gasteiger partial charge in [0, 0.05) is 6.42 Å². The lowest BCUT2D eigenvalue weighted by Gasteiger charge is -2.15. The van der Waals surface area contributed by atoms with E-state index in [4.69, 9.17) is 9.47 Å². The normalized spacial score (nSPS) is 12.2. The van der Waals surface area contributed by atoms with E-state index in [1.807, 2.05) is 44.2 Å². The van der Waals surface area contributed by atoms with Gasteiger partial charge in [-0.15, -0.1) is 0 Å². The summed E-state index contributed by atoms with van der Waals surface area (Å²) in [6.45, 7) is 8.47. The average molecular weight is 262 g/mol. The maximum atomic E-state index is 11.5. The Morgan fingerprint density at radius 1 is 1.32 bits per heavy atom. The summed E-state index contributed by atoms with van der Waals surface area (Å²) in [5.74, 6) is 0.0893. The van der Waals surface area contributed by atoms with Crippen LogP contribution in [0.4, 0.5) is 0 Å². The summed E-state index contributed by atoms with van der Waals surface area (Å²) >= 11 is 0. The van der Waals surface area contributed by atoms with Gasteiger partial charge in [-0.05, 0) is 17.6 Å². The van der Waals surface area contributed by atoms with E-state index in [-0.39, 0.29) is 12.1 Å². The number of carbonyl (C=O) groups excluding carboxylic acids is 1. The molecule has 0 radical (unpaired) electrons. The lowest BCUT2D eigenvalue weighted by Crippen LogP contribution is -2.22. The first-order chi connectivity index (χ1) is 9.11. The van der Waals surface area contributed by atoms with Gasteiger partial charge in [-0.1, -0.05) is 50.8 Å². The molecule has 1 atom stereocenters. The molecule has 0 aromatic heterocycles. The molecule has 1 rings (SSSR count). The first kappa shape index (κ1) is 15.4. The number of esters is 1. The second-order valence-electron chi connectivity index (χ2n) is 4.86. The van der Waals surface area contributed by atoms with Crippen molar-refractivity contribution in [1.29, 1.82) is 0 Å². The maximum Gasteiger partial charge on any atom is 0.306 e. The Bertz CT molecular complexity index is 384. The zero-order valence-electron chi connectivity index (χ0n) is 11.7. The Hall–Kier alpha value is -1.61. The van der Waals surface area contributed by atoms with Gasteiger partial charge < -0.3 is 9.47 Å². The van der Waals surface area contributed by atoms with Gasteiger partial charge in [-0.2, -0.15) is 0 Å². The summed E-state index contributed by atoms with van der Waals surface area (Å²) in [6.07, 6.45) is 1.64. The molecule has 0 fully saturated rings. The highest BCUT2D eigenvalue weighted by atomic mass is 16.6. The molecule has 0 saturated carbocycles. The molecular weight excluding hydrogens is 240 g/mol. The summed E-state index contributed by atoms with van der Waals surface area (Å²) in [6, 6.07) is 9.88. The van der Waals surface area contributed by atoms with Crippen LogP contribution in [0.3, 0.4) is 0 Å². The molecule has 3 heteroatoms. The minimum absolute atomic E-state index is 0.205. The van der Waals surface area contributed by atoms with Gasteiger partial charge in [0.25, 0.3) is 0 Å². The topological polar surface area (TPSA) is 35.5 Å². The third-order valence-electron chi connectivity index (χ3n) is 2.51. The van der Waals surface area contributed by atoms with E-state index in [2.05, 4.69) is 6.58 Å². The molecule has 0 aliphatic heterocycles. The van der Waals surface area contributed by atoms with Crippen LogP contribution in [-0.2, 0) is 20.9 Å². The van der Waals surface area contributed by atoms with Crippen LogP contribution in [0, 0.1) is 5.92 Å². The van der Waals surface area contributed by atoms with Crippen LogP contribution < -0.4 is 0 Å². The molecule has 0 amide bonds. The van der Waals surface area contributed by atoms with Crippen LogP contribution in [0.5, 0.6) is 0 Å². The van der Waals surface area contributed by atoms with Gasteiger partial charge in [0.2, 0.25) is 0 Å². The van der Waals surface area contributed by atoms with Gasteiger partial charge >= 0.3 is 5.97 Å². The number of ether oxygens (including phenoxy) is 2. The van der Waals surface area contributed by atoms with Crippen molar-refractivity contribution >= 4 is 5.97 Å². The number of carbonyl (C=O) groups is 1. The van der Waals surface area contributed by atoms with E-state index in [9.17, 15) is 4.79 Å². The summed E-state index contributed by atoms with van der Waals surface area (Å²) in [7, 11) is 0. The van der Waals surface area contributed by atoms with Crippen LogP contribution in [0.1, 0.15) is 25.8 Å². The molecule has 0 heterocycles. The van der Waals surface area contributed by atoms with Gasteiger partial charge in [0.05, 0.1) is 13.2 Å². The second kappa shape index (κ2) is 8.48. The van der Waals surface area contributed by atoms with E-state index in [1.165, 1.54) is 0 Å². The fourth-order valence-electron chi connectivity index (χ4n) is 1.57. The van der Waals surface area contributed by atoms with Crippen LogP contribution in [0.15, 0.2) is 43.0 Å². The summed E-state index contributed by atoms with van der Waals surface area (Å²) < 4.78 is 10.8. The quantitative estimate of drug-likeness (QED) is 0.532. The number of benzene rings is 1. The molecular formula is C16H22O3. The monoisotopic (exact) mass is 262 g/mol. The minimum Gasteiger partial charge on any atom is -0.456 e. The van der Waals surface area contributed by atoms with Gasteiger partial charge in [-0.25, -0.2) is 0 Å². The van der Waals surface area contributed by atoms with E-state index in [0.29, 0.717) is 25.6 Å². The highest BCUT2D eigenvalue weighted by molar-refractivity contribution is 5.69. The zero-order chi connectivity index (χ0) is 14.1. The number of hydrogen-bond acceptors (Lipinski definition) is 3. The standard InChI is InChI=1S/C16H22O3/c1-4-15(19-16(17)10-13(2)3)12-18-11-14-8-6-5-7-9-14/h4-9,13,15H,1,10-12H2,2-3H3/t15-/m1/s1. The molecule has 0 aliphatic rings. The van der Waals surface area contributed by atoms with Crippen molar-refractivity contribution in [3.8, 4) is 0 Å². The molecule has 0 N–H and O–H groups in total. The molecule has 0 saturated heterocycles. The molecule has 0 aliphatic carbocycles. The van der Waals surface area contributed by atoms with Crippen LogP contribution >= 0.6 is 0 Å². The zero-order valence-corrected chi connectivity index (χ0v) is 11.7. The Kier molecular flexibility index (Phi) is 6.90. The second-order valence-corrected chi connectivity index (χ2v) is 4.86. The molecule has 104 valence electrons. The largest absolute Gasteiger partial charge is 0.456 e. The Morgan fingerprint density at radius 3 is 2.58 bits per heavy atom. The number of rotatable bonds is 8. The van der Waals surface area contributed by atoms with E-state index in [0.717, 1.165) is 5.56 Å². The molecule has 19 heavy (non-hydrogen) atoms. The first-order valence-corrected chi connectivity index (χ1v) is 6.55. The van der Waals surface area contributed by atoms with E-state index in [1.54, 1.807) is 6.08 Å². The third kappa shape index (κ3) is 6.77. The SMILES string of the molecule is C=C[C@H](COCc1ccccc1)OC(=O)CC(C)C. The summed E-state index contributed by atoms with van der Waals surface area (Å²) in [4.78, 5) is 11.5. The lowest BCUT2D eigenvalue weighted by molar-refractivity contribution is -0.150. The Labute approximate surface area is 115 Å². The molecule has 3 nitrogen and oxygen atoms in total. The highest BCUT2D eigenvalue weighted by Gasteiger charge is 2.12. The van der Waals surface area contributed by atoms with Crippen molar-refractivity contribution in [1.82, 2.24) is 0 Å². The van der Waals surface area contributed by atoms with E-state index < -0.39 is 0 Å². The highest BCUT2D eigenvalue weighted by Crippen LogP contribution is 2.06. The van der Waals surface area contributed by atoms with Crippen molar-refractivity contribution in [3.05, 3.63) is 48.6 Å². The van der Waals surface area contributed by atoms with Crippen molar-refractivity contribution in [2.24, 2.45) is 5.92 Å². The van der Waals surface area contributed by atoms with Crippen molar-refractivity contribution in [2.75, 3.05) is 6.61 Å². The molecule has 1 aromatic carbocycles. The third-order valence-corrected chi connectivity index (χ3v) is 2.51. The summed E-state index contributed by atoms with van der Waals surface area (Å²) in [5, 5.41) is 0. The van der Waals surface area contributed by atoms with Crippen LogP contribution in [0.2, 0.25) is 0 Å². The van der Waals surface area contributed by atoms with E-state index >= 15 is 0 Å². The average Bonchev–Trinajstić information content (AvgIpc) is 2.38. The van der Waals surface area contributed by atoms with Gasteiger partial charge in [-0.3, -0.25) is 4.79 Å². The van der Waals surface area contributed by atoms with Crippen molar-refractivity contribution < 1.29 is 14.3 Å². The number of hydrogen-bond donors (Lipinski definition) is 0. The van der Waals surface area contributed by atoms with Crippen molar-refractivity contribution in [2.45, 2.75) is 33.0 Å². The molecule has 1 aromatic rings. The molecule has 0 unspecified atom stereocenters. The maximum absolute atomic E-state index is 11.5. The summed E-state index contributed by atoms with van der Waals surface area (Å²) in [5.41, 5.74) is 1.10. The van der Waals surface area contributed by atoms with Crippen LogP contribution in [0.25, 0.3) is 0 Å². The predicted molar refractivity (Wildman–Crippen MR) is 75.6 cm³/mol. The smallest absolute Gasteiger partial charge is 0.306 e. The molecule has 0 bridgehead atoms. The Balaban J connectivity index is 2.29. The lowest BCUT2D eigenvalue weighted by atomic mass is 10.1. The Morgan fingerprint density at radius 2 is 2.00 bits per heavy atom.